The van der Waals surface area contributed by atoms with Crippen molar-refractivity contribution in [3.63, 3.8) is 0 Å². The van der Waals surface area contributed by atoms with Crippen molar-refractivity contribution in [1.82, 2.24) is 5.32 Å². The van der Waals surface area contributed by atoms with Crippen molar-refractivity contribution in [2.45, 2.75) is 25.8 Å². The molecule has 0 saturated carbocycles. The van der Waals surface area contributed by atoms with Crippen LogP contribution in [0, 0.1) is 5.92 Å². The quantitative estimate of drug-likeness (QED) is 0.870. The van der Waals surface area contributed by atoms with Crippen LogP contribution in [0.5, 0.6) is 5.75 Å². The van der Waals surface area contributed by atoms with E-state index in [9.17, 15) is 0 Å². The maximum absolute atomic E-state index is 5.49. The molecule has 18 heavy (non-hydrogen) atoms. The fourth-order valence-electron chi connectivity index (χ4n) is 2.32. The molecule has 1 aromatic carbocycles. The molecule has 0 amide bonds. The van der Waals surface area contributed by atoms with Crippen molar-refractivity contribution in [1.29, 1.82) is 0 Å². The molecule has 1 fully saturated rings. The standard InChI is InChI=1S/C15H23NO2/c1-12(14-5-7-15(17-2)8-6-14)16-10-13-4-3-9-18-11-13/h5-8,12-13,16H,3-4,9-11H2,1-2H3/t12-,13?/m0/s1. The second-order valence-corrected chi connectivity index (χ2v) is 4.99. The molecule has 1 aliphatic rings. The molecule has 1 aromatic rings. The Balaban J connectivity index is 1.80. The summed E-state index contributed by atoms with van der Waals surface area (Å²) >= 11 is 0. The van der Waals surface area contributed by atoms with Crippen LogP contribution in [0.25, 0.3) is 0 Å². The van der Waals surface area contributed by atoms with Crippen LogP contribution in [-0.2, 0) is 4.74 Å². The predicted molar refractivity (Wildman–Crippen MR) is 73.0 cm³/mol. The number of rotatable bonds is 5. The van der Waals surface area contributed by atoms with Crippen molar-refractivity contribution in [2.24, 2.45) is 5.92 Å². The molecule has 3 heteroatoms. The number of nitrogens with one attached hydrogen (secondary N) is 1. The van der Waals surface area contributed by atoms with Crippen LogP contribution in [-0.4, -0.2) is 26.9 Å². The van der Waals surface area contributed by atoms with Crippen molar-refractivity contribution in [3.05, 3.63) is 29.8 Å². The van der Waals surface area contributed by atoms with Crippen LogP contribution in [0.2, 0.25) is 0 Å². The Morgan fingerprint density at radius 1 is 1.39 bits per heavy atom. The van der Waals surface area contributed by atoms with Gasteiger partial charge in [-0.25, -0.2) is 0 Å². The maximum Gasteiger partial charge on any atom is 0.118 e. The first kappa shape index (κ1) is 13.4. The first-order valence-corrected chi connectivity index (χ1v) is 6.74. The second kappa shape index (κ2) is 6.76. The molecule has 0 radical (unpaired) electrons. The fourth-order valence-corrected chi connectivity index (χ4v) is 2.32. The number of ether oxygens (including phenoxy) is 2. The fraction of sp³-hybridized carbons (Fsp3) is 0.600. The number of methoxy groups -OCH3 is 1. The SMILES string of the molecule is COc1ccc([C@H](C)NCC2CCCOC2)cc1. The topological polar surface area (TPSA) is 30.5 Å². The molecule has 2 atom stereocenters. The van der Waals surface area contributed by atoms with Gasteiger partial charge in [0.25, 0.3) is 0 Å². The molecule has 1 saturated heterocycles. The zero-order valence-electron chi connectivity index (χ0n) is 11.3. The Labute approximate surface area is 109 Å². The van der Waals surface area contributed by atoms with E-state index < -0.39 is 0 Å². The summed E-state index contributed by atoms with van der Waals surface area (Å²) in [6.07, 6.45) is 2.48. The molecular formula is C15H23NO2. The van der Waals surface area contributed by atoms with E-state index in [1.54, 1.807) is 7.11 Å². The largest absolute Gasteiger partial charge is 0.497 e. The van der Waals surface area contributed by atoms with E-state index in [1.807, 2.05) is 12.1 Å². The lowest BCUT2D eigenvalue weighted by Crippen LogP contribution is -2.30. The minimum Gasteiger partial charge on any atom is -0.497 e. The highest BCUT2D eigenvalue weighted by Gasteiger charge is 2.15. The molecule has 1 aliphatic heterocycles. The lowest BCUT2D eigenvalue weighted by Gasteiger charge is -2.24. The van der Waals surface area contributed by atoms with E-state index in [4.69, 9.17) is 9.47 Å². The second-order valence-electron chi connectivity index (χ2n) is 4.99. The van der Waals surface area contributed by atoms with Gasteiger partial charge in [-0.3, -0.25) is 0 Å². The molecule has 0 bridgehead atoms. The van der Waals surface area contributed by atoms with Crippen LogP contribution >= 0.6 is 0 Å². The molecule has 3 nitrogen and oxygen atoms in total. The highest BCUT2D eigenvalue weighted by Crippen LogP contribution is 2.18. The minimum absolute atomic E-state index is 0.373. The van der Waals surface area contributed by atoms with Gasteiger partial charge in [0.15, 0.2) is 0 Å². The third kappa shape index (κ3) is 3.72. The first-order chi connectivity index (χ1) is 8.79. The zero-order chi connectivity index (χ0) is 12.8. The van der Waals surface area contributed by atoms with E-state index in [0.717, 1.165) is 25.5 Å². The Morgan fingerprint density at radius 3 is 2.78 bits per heavy atom. The Kier molecular flexibility index (Phi) is 5.02. The highest BCUT2D eigenvalue weighted by atomic mass is 16.5. The van der Waals surface area contributed by atoms with E-state index in [2.05, 4.69) is 24.4 Å². The summed E-state index contributed by atoms with van der Waals surface area (Å²) in [6.45, 7) is 5.07. The van der Waals surface area contributed by atoms with Gasteiger partial charge in [0.1, 0.15) is 5.75 Å². The van der Waals surface area contributed by atoms with Gasteiger partial charge in [-0.1, -0.05) is 12.1 Å². The van der Waals surface area contributed by atoms with Crippen LogP contribution < -0.4 is 10.1 Å². The first-order valence-electron chi connectivity index (χ1n) is 6.74. The van der Waals surface area contributed by atoms with Crippen molar-refractivity contribution >= 4 is 0 Å². The van der Waals surface area contributed by atoms with Crippen LogP contribution in [0.15, 0.2) is 24.3 Å². The third-order valence-electron chi connectivity index (χ3n) is 3.58. The molecule has 0 aromatic heterocycles. The average molecular weight is 249 g/mol. The van der Waals surface area contributed by atoms with Crippen LogP contribution in [0.4, 0.5) is 0 Å². The molecular weight excluding hydrogens is 226 g/mol. The summed E-state index contributed by atoms with van der Waals surface area (Å²) in [6, 6.07) is 8.63. The summed E-state index contributed by atoms with van der Waals surface area (Å²) in [5, 5.41) is 3.59. The van der Waals surface area contributed by atoms with Crippen LogP contribution in [0.1, 0.15) is 31.4 Å². The Hall–Kier alpha value is -1.06. The smallest absolute Gasteiger partial charge is 0.118 e. The molecule has 100 valence electrons. The van der Waals surface area contributed by atoms with Crippen molar-refractivity contribution in [3.8, 4) is 5.75 Å². The van der Waals surface area contributed by atoms with Crippen LogP contribution in [0.3, 0.4) is 0 Å². The van der Waals surface area contributed by atoms with Gasteiger partial charge >= 0.3 is 0 Å². The summed E-state index contributed by atoms with van der Waals surface area (Å²) < 4.78 is 10.7. The molecule has 1 unspecified atom stereocenters. The van der Waals surface area contributed by atoms with E-state index in [-0.39, 0.29) is 0 Å². The van der Waals surface area contributed by atoms with Gasteiger partial charge in [-0.05, 0) is 43.4 Å². The van der Waals surface area contributed by atoms with Crippen molar-refractivity contribution < 1.29 is 9.47 Å². The van der Waals surface area contributed by atoms with Gasteiger partial charge in [0, 0.05) is 19.2 Å². The van der Waals surface area contributed by atoms with Crippen molar-refractivity contribution in [2.75, 3.05) is 26.9 Å². The number of hydrogen-bond donors (Lipinski definition) is 1. The lowest BCUT2D eigenvalue weighted by atomic mass is 10.0. The molecule has 0 spiro atoms. The van der Waals surface area contributed by atoms with Gasteiger partial charge in [0.2, 0.25) is 0 Å². The summed E-state index contributed by atoms with van der Waals surface area (Å²) in [7, 11) is 1.69. The molecule has 0 aliphatic carbocycles. The predicted octanol–water partition coefficient (Wildman–Crippen LogP) is 2.77. The summed E-state index contributed by atoms with van der Waals surface area (Å²) in [5.74, 6) is 1.58. The molecule has 1 heterocycles. The minimum atomic E-state index is 0.373. The Bertz CT molecular complexity index is 344. The van der Waals surface area contributed by atoms with E-state index in [1.165, 1.54) is 18.4 Å². The van der Waals surface area contributed by atoms with E-state index in [0.29, 0.717) is 12.0 Å². The third-order valence-corrected chi connectivity index (χ3v) is 3.58. The highest BCUT2D eigenvalue weighted by molar-refractivity contribution is 5.28. The van der Waals surface area contributed by atoms with E-state index >= 15 is 0 Å². The summed E-state index contributed by atoms with van der Waals surface area (Å²) in [4.78, 5) is 0. The monoisotopic (exact) mass is 249 g/mol. The normalized spacial score (nSPS) is 21.6. The lowest BCUT2D eigenvalue weighted by molar-refractivity contribution is 0.0540. The Morgan fingerprint density at radius 2 is 2.17 bits per heavy atom. The van der Waals surface area contributed by atoms with Gasteiger partial charge < -0.3 is 14.8 Å². The zero-order valence-corrected chi connectivity index (χ0v) is 11.3. The summed E-state index contributed by atoms with van der Waals surface area (Å²) in [5.41, 5.74) is 1.30. The molecule has 1 N–H and O–H groups in total. The average Bonchev–Trinajstić information content (AvgIpc) is 2.46. The van der Waals surface area contributed by atoms with Gasteiger partial charge in [0.05, 0.1) is 13.7 Å². The maximum atomic E-state index is 5.49. The number of benzene rings is 1. The van der Waals surface area contributed by atoms with Gasteiger partial charge in [-0.15, -0.1) is 0 Å². The number of hydrogen-bond acceptors (Lipinski definition) is 3. The van der Waals surface area contributed by atoms with Gasteiger partial charge in [-0.2, -0.15) is 0 Å². The molecule has 2 rings (SSSR count).